The van der Waals surface area contributed by atoms with Crippen molar-refractivity contribution in [1.82, 2.24) is 0 Å². The maximum absolute atomic E-state index is 13.3. The Bertz CT molecular complexity index is 808. The van der Waals surface area contributed by atoms with E-state index in [0.29, 0.717) is 6.42 Å². The van der Waals surface area contributed by atoms with Crippen LogP contribution in [0.15, 0.2) is 30.3 Å². The monoisotopic (exact) mass is 628 g/mol. The van der Waals surface area contributed by atoms with Gasteiger partial charge in [-0.25, -0.2) is 9.36 Å². The summed E-state index contributed by atoms with van der Waals surface area (Å²) in [6.45, 7) is 8.42. The van der Waals surface area contributed by atoms with Crippen molar-refractivity contribution in [2.45, 2.75) is 161 Å². The van der Waals surface area contributed by atoms with Gasteiger partial charge in [-0.3, -0.25) is 9.41 Å². The summed E-state index contributed by atoms with van der Waals surface area (Å²) in [7, 11) is -4.16. The lowest BCUT2D eigenvalue weighted by Crippen LogP contribution is -2.25. The molecule has 0 radical (unpaired) electrons. The number of benzene rings is 1. The maximum atomic E-state index is 13.3. The molecule has 0 aliphatic rings. The lowest BCUT2D eigenvalue weighted by atomic mass is 10.1. The largest absolute Gasteiger partial charge is 0.452 e. The van der Waals surface area contributed by atoms with Crippen LogP contribution in [0.2, 0.25) is 0 Å². The Morgan fingerprint density at radius 1 is 0.738 bits per heavy atom. The van der Waals surface area contributed by atoms with Gasteiger partial charge in [0.1, 0.15) is 6.10 Å². The molecule has 0 bridgehead atoms. The molecule has 1 rings (SSSR count). The van der Waals surface area contributed by atoms with E-state index in [4.69, 9.17) is 18.8 Å². The van der Waals surface area contributed by atoms with E-state index >= 15 is 0 Å². The molecule has 0 aliphatic heterocycles. The van der Waals surface area contributed by atoms with Crippen LogP contribution < -0.4 is 0 Å². The van der Waals surface area contributed by atoms with Crippen molar-refractivity contribution in [3.63, 3.8) is 0 Å². The average molecular weight is 629 g/mol. The highest BCUT2D eigenvalue weighted by Gasteiger charge is 2.39. The van der Waals surface area contributed by atoms with E-state index in [1.165, 1.54) is 96.3 Å². The van der Waals surface area contributed by atoms with E-state index in [1.807, 2.05) is 55.9 Å². The third-order valence-corrected chi connectivity index (χ3v) is 10.5. The van der Waals surface area contributed by atoms with Crippen LogP contribution >= 0.6 is 19.4 Å². The number of hydrogen-bond acceptors (Lipinski definition) is 7. The number of carbonyl (C=O) groups excluding carboxylic acids is 1. The van der Waals surface area contributed by atoms with Gasteiger partial charge in [0.15, 0.2) is 0 Å². The highest BCUT2D eigenvalue weighted by molar-refractivity contribution is 7.99. The molecule has 0 aliphatic carbocycles. The Labute approximate surface area is 262 Å². The summed E-state index contributed by atoms with van der Waals surface area (Å²) in [6.07, 6.45) is 22.0. The molecule has 0 spiro atoms. The lowest BCUT2D eigenvalue weighted by Gasteiger charge is -2.23. The fourth-order valence-corrected chi connectivity index (χ4v) is 7.20. The van der Waals surface area contributed by atoms with Crippen molar-refractivity contribution < 1.29 is 28.2 Å². The zero-order valence-electron chi connectivity index (χ0n) is 27.2. The fourth-order valence-electron chi connectivity index (χ4n) is 4.72. The molecule has 1 aromatic rings. The molecule has 3 unspecified atom stereocenters. The zero-order valence-corrected chi connectivity index (χ0v) is 28.9. The first-order valence-electron chi connectivity index (χ1n) is 16.9. The number of rotatable bonds is 29. The predicted molar refractivity (Wildman–Crippen MR) is 178 cm³/mol. The molecule has 42 heavy (non-hydrogen) atoms. The molecule has 0 fully saturated rings. The van der Waals surface area contributed by atoms with Gasteiger partial charge in [-0.1, -0.05) is 147 Å². The van der Waals surface area contributed by atoms with Crippen LogP contribution in [0.1, 0.15) is 149 Å². The average Bonchev–Trinajstić information content (AvgIpc) is 3.01. The Morgan fingerprint density at radius 3 is 1.86 bits per heavy atom. The van der Waals surface area contributed by atoms with Crippen LogP contribution in [0.4, 0.5) is 4.79 Å². The van der Waals surface area contributed by atoms with E-state index in [9.17, 15) is 9.36 Å². The van der Waals surface area contributed by atoms with Gasteiger partial charge in [-0.05, 0) is 37.5 Å². The highest BCUT2D eigenvalue weighted by atomic mass is 32.2. The van der Waals surface area contributed by atoms with E-state index < -0.39 is 13.3 Å². The zero-order chi connectivity index (χ0) is 30.7. The first kappa shape index (κ1) is 39.2. The van der Waals surface area contributed by atoms with Crippen molar-refractivity contribution in [3.8, 4) is 0 Å². The highest BCUT2D eigenvalue weighted by Crippen LogP contribution is 2.51. The van der Waals surface area contributed by atoms with Gasteiger partial charge in [-0.2, -0.15) is 16.6 Å². The minimum Gasteiger partial charge on any atom is -0.301 e. The van der Waals surface area contributed by atoms with Crippen LogP contribution in [0.25, 0.3) is 0 Å². The van der Waals surface area contributed by atoms with Crippen LogP contribution in [-0.4, -0.2) is 29.4 Å². The molecule has 6 nitrogen and oxygen atoms in total. The SMILES string of the molecule is CCCCCCCCCCCCCSC(CCCCCCC)C(C)OOC(=O)P(=O)(OCCC)OCc1ccccc1. The fraction of sp³-hybridized carbons (Fsp3) is 0.794. The number of carbonyl (C=O) groups is 1. The van der Waals surface area contributed by atoms with Crippen molar-refractivity contribution in [1.29, 1.82) is 0 Å². The quantitative estimate of drug-likeness (QED) is 0.0378. The smallest absolute Gasteiger partial charge is 0.301 e. The van der Waals surface area contributed by atoms with Crippen molar-refractivity contribution >= 4 is 25.1 Å². The minimum atomic E-state index is -4.16. The third kappa shape index (κ3) is 19.4. The minimum absolute atomic E-state index is 0.0122. The van der Waals surface area contributed by atoms with Gasteiger partial charge in [0.2, 0.25) is 0 Å². The van der Waals surface area contributed by atoms with Gasteiger partial charge < -0.3 is 4.52 Å². The Balaban J connectivity index is 2.50. The number of hydrogen-bond donors (Lipinski definition) is 0. The van der Waals surface area contributed by atoms with Gasteiger partial charge in [0, 0.05) is 5.25 Å². The van der Waals surface area contributed by atoms with Gasteiger partial charge >= 0.3 is 13.3 Å². The number of unbranched alkanes of at least 4 members (excludes halogenated alkanes) is 14. The topological polar surface area (TPSA) is 71.1 Å². The summed E-state index contributed by atoms with van der Waals surface area (Å²) in [6, 6.07) is 9.28. The molecule has 1 aromatic carbocycles. The molecular formula is C34H61O6PS. The first-order chi connectivity index (χ1) is 20.5. The first-order valence-corrected chi connectivity index (χ1v) is 19.5. The Kier molecular flexibility index (Phi) is 24.8. The van der Waals surface area contributed by atoms with Crippen LogP contribution in [0.3, 0.4) is 0 Å². The summed E-state index contributed by atoms with van der Waals surface area (Å²) < 4.78 is 24.2. The van der Waals surface area contributed by atoms with Crippen molar-refractivity contribution in [2.75, 3.05) is 12.4 Å². The summed E-state index contributed by atoms with van der Waals surface area (Å²) in [5, 5.41) is 0.198. The normalized spacial score (nSPS) is 14.4. The van der Waals surface area contributed by atoms with Crippen molar-refractivity contribution in [2.24, 2.45) is 0 Å². The van der Waals surface area contributed by atoms with E-state index in [1.54, 1.807) is 0 Å². The molecule has 3 atom stereocenters. The molecule has 0 N–H and O–H groups in total. The van der Waals surface area contributed by atoms with E-state index in [0.717, 1.165) is 24.2 Å². The lowest BCUT2D eigenvalue weighted by molar-refractivity contribution is -0.262. The van der Waals surface area contributed by atoms with Crippen LogP contribution in [-0.2, 0) is 30.0 Å². The molecule has 0 heterocycles. The predicted octanol–water partition coefficient (Wildman–Crippen LogP) is 12.1. The summed E-state index contributed by atoms with van der Waals surface area (Å²) in [4.78, 5) is 23.6. The Hall–Kier alpha value is -0.850. The van der Waals surface area contributed by atoms with Gasteiger partial charge in [0.05, 0.1) is 13.2 Å². The molecule has 0 aromatic heterocycles. The molecule has 8 heteroatoms. The summed E-state index contributed by atoms with van der Waals surface area (Å²) >= 11 is 1.91. The molecular weight excluding hydrogens is 567 g/mol. The second-order valence-electron chi connectivity index (χ2n) is 11.4. The summed E-state index contributed by atoms with van der Waals surface area (Å²) in [5.74, 6) is 1.07. The molecule has 0 saturated carbocycles. The van der Waals surface area contributed by atoms with E-state index in [2.05, 4.69) is 13.8 Å². The Morgan fingerprint density at radius 2 is 1.29 bits per heavy atom. The van der Waals surface area contributed by atoms with E-state index in [-0.39, 0.29) is 24.6 Å². The van der Waals surface area contributed by atoms with Crippen LogP contribution in [0.5, 0.6) is 0 Å². The summed E-state index contributed by atoms with van der Waals surface area (Å²) in [5.41, 5.74) is -0.294. The second kappa shape index (κ2) is 26.5. The van der Waals surface area contributed by atoms with Crippen LogP contribution in [0, 0.1) is 0 Å². The molecule has 0 amide bonds. The molecule has 244 valence electrons. The third-order valence-electron chi connectivity index (χ3n) is 7.40. The maximum Gasteiger partial charge on any atom is 0.452 e. The standard InChI is InChI=1S/C34H61O6PS/c1-5-8-10-12-13-14-15-16-17-19-24-29-42-33(27-23-18-11-9-6-2)31(4)39-40-34(35)41(36,37-28-7-3)38-30-32-25-21-20-22-26-32/h20-22,25-26,31,33H,5-19,23-24,27-30H2,1-4H3. The number of thioether (sulfide) groups is 1. The van der Waals surface area contributed by atoms with Gasteiger partial charge in [0.25, 0.3) is 0 Å². The molecule has 0 saturated heterocycles. The van der Waals surface area contributed by atoms with Crippen molar-refractivity contribution in [3.05, 3.63) is 35.9 Å². The second-order valence-corrected chi connectivity index (χ2v) is 14.6. The van der Waals surface area contributed by atoms with Gasteiger partial charge in [-0.15, -0.1) is 0 Å².